The molecule has 9 heteroatoms. The van der Waals surface area contributed by atoms with Crippen LogP contribution in [0.15, 0.2) is 42.5 Å². The molecule has 0 aromatic heterocycles. The van der Waals surface area contributed by atoms with Crippen molar-refractivity contribution in [1.82, 2.24) is 5.32 Å². The van der Waals surface area contributed by atoms with E-state index in [1.165, 1.54) is 43.4 Å². The first-order valence-electron chi connectivity index (χ1n) is 7.13. The van der Waals surface area contributed by atoms with Gasteiger partial charge in [-0.15, -0.1) is 0 Å². The van der Waals surface area contributed by atoms with Crippen LogP contribution in [0.25, 0.3) is 0 Å². The predicted molar refractivity (Wildman–Crippen MR) is 86.0 cm³/mol. The minimum Gasteiger partial charge on any atom is -0.355 e. The van der Waals surface area contributed by atoms with E-state index in [-0.39, 0.29) is 28.2 Å². The zero-order valence-corrected chi connectivity index (χ0v) is 13.1. The van der Waals surface area contributed by atoms with Gasteiger partial charge in [0.05, 0.1) is 11.3 Å². The van der Waals surface area contributed by atoms with Crippen molar-refractivity contribution in [1.29, 1.82) is 0 Å². The van der Waals surface area contributed by atoms with Crippen molar-refractivity contribution in [3.63, 3.8) is 0 Å². The lowest BCUT2D eigenvalue weighted by molar-refractivity contribution is -0.383. The molecule has 0 spiro atoms. The third-order valence-corrected chi connectivity index (χ3v) is 3.29. The molecule has 0 saturated heterocycles. The summed E-state index contributed by atoms with van der Waals surface area (Å²) in [6.45, 7) is 0. The van der Waals surface area contributed by atoms with Gasteiger partial charge in [0, 0.05) is 24.4 Å². The van der Waals surface area contributed by atoms with E-state index in [0.29, 0.717) is 0 Å². The van der Waals surface area contributed by atoms with Crippen LogP contribution in [-0.2, 0) is 6.42 Å². The second kappa shape index (κ2) is 7.20. The highest BCUT2D eigenvalue weighted by Gasteiger charge is 2.27. The van der Waals surface area contributed by atoms with Crippen molar-refractivity contribution in [3.8, 4) is 0 Å². The number of nitro groups is 1. The molecule has 2 aromatic carbocycles. The SMILES string of the molecule is CNC(=O)c1ccc(Nc2cccc(CC(F)(F)F)c2)c([N+](=O)[O-])c1. The quantitative estimate of drug-likeness (QED) is 0.632. The number of alkyl halides is 3. The Kier molecular flexibility index (Phi) is 5.26. The van der Waals surface area contributed by atoms with Gasteiger partial charge < -0.3 is 10.6 Å². The van der Waals surface area contributed by atoms with Crippen molar-refractivity contribution in [2.75, 3.05) is 12.4 Å². The summed E-state index contributed by atoms with van der Waals surface area (Å²) in [7, 11) is 1.40. The molecule has 0 saturated carbocycles. The molecule has 0 unspecified atom stereocenters. The minimum atomic E-state index is -4.35. The lowest BCUT2D eigenvalue weighted by atomic mass is 10.1. The van der Waals surface area contributed by atoms with Crippen LogP contribution in [0.5, 0.6) is 0 Å². The third-order valence-electron chi connectivity index (χ3n) is 3.29. The summed E-state index contributed by atoms with van der Waals surface area (Å²) in [6.07, 6.45) is -5.44. The van der Waals surface area contributed by atoms with Gasteiger partial charge in [0.2, 0.25) is 0 Å². The maximum atomic E-state index is 12.5. The number of amides is 1. The van der Waals surface area contributed by atoms with Crippen LogP contribution in [0.4, 0.5) is 30.2 Å². The van der Waals surface area contributed by atoms with Gasteiger partial charge in [0.1, 0.15) is 5.69 Å². The molecule has 0 bridgehead atoms. The highest BCUT2D eigenvalue weighted by atomic mass is 19.4. The maximum absolute atomic E-state index is 12.5. The first kappa shape index (κ1) is 18.2. The summed E-state index contributed by atoms with van der Waals surface area (Å²) in [4.78, 5) is 22.1. The fourth-order valence-corrected chi connectivity index (χ4v) is 2.22. The van der Waals surface area contributed by atoms with Crippen LogP contribution in [0, 0.1) is 10.1 Å². The normalized spacial score (nSPS) is 11.0. The number of anilines is 2. The molecule has 0 aliphatic rings. The van der Waals surface area contributed by atoms with Crippen LogP contribution >= 0.6 is 0 Å². The van der Waals surface area contributed by atoms with Crippen molar-refractivity contribution in [2.24, 2.45) is 0 Å². The topological polar surface area (TPSA) is 84.3 Å². The Morgan fingerprint density at radius 1 is 1.20 bits per heavy atom. The molecule has 0 aliphatic heterocycles. The molecule has 2 rings (SSSR count). The smallest absolute Gasteiger partial charge is 0.355 e. The molecule has 0 heterocycles. The summed E-state index contributed by atoms with van der Waals surface area (Å²) in [5.41, 5.74) is 0.120. The van der Waals surface area contributed by atoms with Gasteiger partial charge >= 0.3 is 6.18 Å². The molecule has 0 radical (unpaired) electrons. The van der Waals surface area contributed by atoms with Gasteiger partial charge in [0.25, 0.3) is 11.6 Å². The Labute approximate surface area is 140 Å². The van der Waals surface area contributed by atoms with E-state index in [4.69, 9.17) is 0 Å². The van der Waals surface area contributed by atoms with Crippen LogP contribution < -0.4 is 10.6 Å². The molecule has 1 amide bonds. The van der Waals surface area contributed by atoms with Gasteiger partial charge in [-0.05, 0) is 29.8 Å². The fraction of sp³-hybridized carbons (Fsp3) is 0.188. The summed E-state index contributed by atoms with van der Waals surface area (Å²) >= 11 is 0. The lowest BCUT2D eigenvalue weighted by Gasteiger charge is -2.11. The molecule has 0 atom stereocenters. The van der Waals surface area contributed by atoms with E-state index in [0.717, 1.165) is 6.07 Å². The van der Waals surface area contributed by atoms with Gasteiger partial charge in [0.15, 0.2) is 0 Å². The van der Waals surface area contributed by atoms with E-state index in [2.05, 4.69) is 10.6 Å². The molecule has 0 fully saturated rings. The Bertz CT molecular complexity index is 807. The number of nitro benzene ring substituents is 1. The largest absolute Gasteiger partial charge is 0.393 e. The number of carbonyl (C=O) groups is 1. The fourth-order valence-electron chi connectivity index (χ4n) is 2.22. The summed E-state index contributed by atoms with van der Waals surface area (Å²) in [5, 5.41) is 16.3. The van der Waals surface area contributed by atoms with E-state index in [1.807, 2.05) is 0 Å². The van der Waals surface area contributed by atoms with E-state index in [1.54, 1.807) is 0 Å². The van der Waals surface area contributed by atoms with E-state index in [9.17, 15) is 28.1 Å². The maximum Gasteiger partial charge on any atom is 0.393 e. The summed E-state index contributed by atoms with van der Waals surface area (Å²) in [5.74, 6) is -0.484. The monoisotopic (exact) mass is 353 g/mol. The zero-order chi connectivity index (χ0) is 18.6. The number of carbonyl (C=O) groups excluding carboxylic acids is 1. The number of halogens is 3. The second-order valence-electron chi connectivity index (χ2n) is 5.19. The molecule has 2 aromatic rings. The van der Waals surface area contributed by atoms with Crippen molar-refractivity contribution < 1.29 is 22.9 Å². The van der Waals surface area contributed by atoms with Gasteiger partial charge in [-0.1, -0.05) is 12.1 Å². The number of nitrogens with zero attached hydrogens (tertiary/aromatic N) is 1. The number of benzene rings is 2. The van der Waals surface area contributed by atoms with Crippen molar-refractivity contribution in [3.05, 3.63) is 63.7 Å². The average Bonchev–Trinajstić information content (AvgIpc) is 2.53. The molecular formula is C16H14F3N3O3. The number of hydrogen-bond donors (Lipinski definition) is 2. The van der Waals surface area contributed by atoms with Gasteiger partial charge in [-0.2, -0.15) is 13.2 Å². The van der Waals surface area contributed by atoms with Crippen molar-refractivity contribution >= 4 is 23.0 Å². The number of hydrogen-bond acceptors (Lipinski definition) is 4. The van der Waals surface area contributed by atoms with Crippen LogP contribution in [0.1, 0.15) is 15.9 Å². The van der Waals surface area contributed by atoms with Crippen LogP contribution in [-0.4, -0.2) is 24.1 Å². The van der Waals surface area contributed by atoms with Gasteiger partial charge in [-0.25, -0.2) is 0 Å². The summed E-state index contributed by atoms with van der Waals surface area (Å²) in [6, 6.07) is 9.32. The van der Waals surface area contributed by atoms with Crippen LogP contribution in [0.3, 0.4) is 0 Å². The molecule has 2 N–H and O–H groups in total. The third kappa shape index (κ3) is 4.93. The molecule has 25 heavy (non-hydrogen) atoms. The minimum absolute atomic E-state index is 0.0298. The number of rotatable bonds is 5. The molecular weight excluding hydrogens is 339 g/mol. The first-order valence-corrected chi connectivity index (χ1v) is 7.13. The Morgan fingerprint density at radius 2 is 1.92 bits per heavy atom. The predicted octanol–water partition coefficient (Wildman–Crippen LogP) is 3.80. The zero-order valence-electron chi connectivity index (χ0n) is 13.1. The standard InChI is InChI=1S/C16H14F3N3O3/c1-20-15(23)11-5-6-13(14(8-11)22(24)25)21-12-4-2-3-10(7-12)9-16(17,18)19/h2-8,21H,9H2,1H3,(H,20,23). The number of nitrogens with one attached hydrogen (secondary N) is 2. The summed E-state index contributed by atoms with van der Waals surface area (Å²) < 4.78 is 37.4. The second-order valence-corrected chi connectivity index (χ2v) is 5.19. The average molecular weight is 353 g/mol. The van der Waals surface area contributed by atoms with E-state index >= 15 is 0 Å². The molecule has 0 aliphatic carbocycles. The Balaban J connectivity index is 2.32. The van der Waals surface area contributed by atoms with Gasteiger partial charge in [-0.3, -0.25) is 14.9 Å². The molecule has 132 valence electrons. The van der Waals surface area contributed by atoms with Crippen molar-refractivity contribution in [2.45, 2.75) is 12.6 Å². The Hall–Kier alpha value is -3.10. The lowest BCUT2D eigenvalue weighted by Crippen LogP contribution is -2.17. The highest BCUT2D eigenvalue weighted by Crippen LogP contribution is 2.30. The Morgan fingerprint density at radius 3 is 2.52 bits per heavy atom. The van der Waals surface area contributed by atoms with Crippen LogP contribution in [0.2, 0.25) is 0 Å². The highest BCUT2D eigenvalue weighted by molar-refractivity contribution is 5.95. The first-order chi connectivity index (χ1) is 11.7. The molecule has 6 nitrogen and oxygen atoms in total. The van der Waals surface area contributed by atoms with E-state index < -0.39 is 23.4 Å².